The zero-order valence-electron chi connectivity index (χ0n) is 8.96. The van der Waals surface area contributed by atoms with Crippen molar-refractivity contribution < 1.29 is 14.3 Å². The van der Waals surface area contributed by atoms with E-state index in [4.69, 9.17) is 9.52 Å². The molecule has 1 aromatic carbocycles. The van der Waals surface area contributed by atoms with Crippen LogP contribution >= 0.6 is 11.8 Å². The summed E-state index contributed by atoms with van der Waals surface area (Å²) < 4.78 is 6.58. The monoisotopic (exact) mass is 253 g/mol. The number of para-hydroxylation sites is 2. The number of thioether (sulfide) groups is 1. The number of carbonyl (C=O) groups is 1. The molecule has 0 saturated carbocycles. The van der Waals surface area contributed by atoms with Crippen LogP contribution in [0.1, 0.15) is 0 Å². The molecule has 0 fully saturated rings. The van der Waals surface area contributed by atoms with Gasteiger partial charge in [-0.15, -0.1) is 11.8 Å². The molecule has 0 radical (unpaired) electrons. The van der Waals surface area contributed by atoms with Gasteiger partial charge in [0.25, 0.3) is 0 Å². The average Bonchev–Trinajstić information content (AvgIpc) is 2.60. The predicted molar refractivity (Wildman–Crippen MR) is 65.4 cm³/mol. The Hall–Kier alpha value is -1.69. The molecule has 0 aliphatic heterocycles. The van der Waals surface area contributed by atoms with E-state index in [1.165, 1.54) is 16.3 Å². The van der Waals surface area contributed by atoms with Crippen molar-refractivity contribution in [2.24, 2.45) is 0 Å². The summed E-state index contributed by atoms with van der Waals surface area (Å²) in [6.45, 7) is 0.452. The van der Waals surface area contributed by atoms with Crippen molar-refractivity contribution >= 4 is 28.8 Å². The van der Waals surface area contributed by atoms with Crippen molar-refractivity contribution in [1.82, 2.24) is 4.57 Å². The first-order chi connectivity index (χ1) is 8.18. The molecule has 90 valence electrons. The van der Waals surface area contributed by atoms with E-state index in [0.717, 1.165) is 5.52 Å². The summed E-state index contributed by atoms with van der Waals surface area (Å²) in [4.78, 5) is 21.9. The Morgan fingerprint density at radius 3 is 2.94 bits per heavy atom. The third-order valence-electron chi connectivity index (χ3n) is 2.26. The summed E-state index contributed by atoms with van der Waals surface area (Å²) in [5, 5.41) is 8.49. The standard InChI is InChI=1S/C11H11NO4S/c13-10(14)7-17-6-5-12-8-3-1-2-4-9(8)16-11(12)15/h1-4H,5-7H2,(H,13,14). The minimum absolute atomic E-state index is 0.0462. The smallest absolute Gasteiger partial charge is 0.419 e. The van der Waals surface area contributed by atoms with Crippen LogP contribution < -0.4 is 5.76 Å². The highest BCUT2D eigenvalue weighted by Gasteiger charge is 2.07. The number of fused-ring (bicyclic) bond motifs is 1. The molecule has 6 heteroatoms. The van der Waals surface area contributed by atoms with Gasteiger partial charge in [-0.05, 0) is 12.1 Å². The van der Waals surface area contributed by atoms with Gasteiger partial charge in [-0.2, -0.15) is 0 Å². The van der Waals surface area contributed by atoms with Crippen molar-refractivity contribution in [2.45, 2.75) is 6.54 Å². The number of oxazole rings is 1. The van der Waals surface area contributed by atoms with E-state index in [-0.39, 0.29) is 5.75 Å². The number of hydrogen-bond donors (Lipinski definition) is 1. The third kappa shape index (κ3) is 2.71. The maximum Gasteiger partial charge on any atom is 0.419 e. The fourth-order valence-corrected chi connectivity index (χ4v) is 2.17. The van der Waals surface area contributed by atoms with Crippen LogP contribution in [0.4, 0.5) is 0 Å². The molecule has 2 aromatic rings. The molecule has 0 bridgehead atoms. The summed E-state index contributed by atoms with van der Waals surface area (Å²) in [6.07, 6.45) is 0. The molecule has 2 rings (SSSR count). The van der Waals surface area contributed by atoms with Crippen molar-refractivity contribution in [3.05, 3.63) is 34.8 Å². The van der Waals surface area contributed by atoms with Gasteiger partial charge in [0.15, 0.2) is 5.58 Å². The van der Waals surface area contributed by atoms with Gasteiger partial charge >= 0.3 is 11.7 Å². The van der Waals surface area contributed by atoms with Gasteiger partial charge < -0.3 is 9.52 Å². The summed E-state index contributed by atoms with van der Waals surface area (Å²) in [5.41, 5.74) is 1.30. The topological polar surface area (TPSA) is 72.4 Å². The van der Waals surface area contributed by atoms with E-state index in [9.17, 15) is 9.59 Å². The quantitative estimate of drug-likeness (QED) is 0.816. The van der Waals surface area contributed by atoms with E-state index >= 15 is 0 Å². The SMILES string of the molecule is O=C(O)CSCCn1c(=O)oc2ccccc21. The molecule has 0 atom stereocenters. The van der Waals surface area contributed by atoms with Crippen LogP contribution in [0.25, 0.3) is 11.1 Å². The molecule has 5 nitrogen and oxygen atoms in total. The average molecular weight is 253 g/mol. The van der Waals surface area contributed by atoms with E-state index in [0.29, 0.717) is 17.9 Å². The van der Waals surface area contributed by atoms with Crippen molar-refractivity contribution in [3.8, 4) is 0 Å². The number of nitrogens with zero attached hydrogens (tertiary/aromatic N) is 1. The fourth-order valence-electron chi connectivity index (χ4n) is 1.54. The van der Waals surface area contributed by atoms with Crippen molar-refractivity contribution in [3.63, 3.8) is 0 Å². The van der Waals surface area contributed by atoms with Crippen molar-refractivity contribution in [1.29, 1.82) is 0 Å². The molecule has 1 heterocycles. The maximum absolute atomic E-state index is 11.5. The molecule has 1 aromatic heterocycles. The Kier molecular flexibility index (Phi) is 3.53. The van der Waals surface area contributed by atoms with Gasteiger partial charge in [-0.25, -0.2) is 4.79 Å². The van der Waals surface area contributed by atoms with Crippen LogP contribution in [0, 0.1) is 0 Å². The van der Waals surface area contributed by atoms with Crippen LogP contribution in [0.2, 0.25) is 0 Å². The highest BCUT2D eigenvalue weighted by Crippen LogP contribution is 2.12. The molecule has 0 aliphatic carbocycles. The van der Waals surface area contributed by atoms with Gasteiger partial charge in [-0.3, -0.25) is 9.36 Å². The van der Waals surface area contributed by atoms with E-state index in [1.54, 1.807) is 12.1 Å². The zero-order chi connectivity index (χ0) is 12.3. The third-order valence-corrected chi connectivity index (χ3v) is 3.18. The Labute approximate surface area is 101 Å². The first-order valence-electron chi connectivity index (χ1n) is 5.06. The zero-order valence-corrected chi connectivity index (χ0v) is 9.77. The lowest BCUT2D eigenvalue weighted by Crippen LogP contribution is -2.15. The second kappa shape index (κ2) is 5.09. The number of aromatic nitrogens is 1. The van der Waals surface area contributed by atoms with Gasteiger partial charge in [0, 0.05) is 12.3 Å². The van der Waals surface area contributed by atoms with Crippen LogP contribution in [0.5, 0.6) is 0 Å². The lowest BCUT2D eigenvalue weighted by Gasteiger charge is -2.00. The number of aryl methyl sites for hydroxylation is 1. The first kappa shape index (κ1) is 11.8. The molecular weight excluding hydrogens is 242 g/mol. The highest BCUT2D eigenvalue weighted by atomic mass is 32.2. The number of aliphatic carboxylic acids is 1. The van der Waals surface area contributed by atoms with Gasteiger partial charge in [0.1, 0.15) is 0 Å². The number of rotatable bonds is 5. The highest BCUT2D eigenvalue weighted by molar-refractivity contribution is 7.99. The molecule has 17 heavy (non-hydrogen) atoms. The van der Waals surface area contributed by atoms with Crippen LogP contribution in [0.3, 0.4) is 0 Å². The van der Waals surface area contributed by atoms with Gasteiger partial charge in [0.2, 0.25) is 0 Å². The number of benzene rings is 1. The molecule has 0 amide bonds. The lowest BCUT2D eigenvalue weighted by atomic mass is 10.3. The molecule has 0 saturated heterocycles. The molecule has 0 spiro atoms. The van der Waals surface area contributed by atoms with Crippen molar-refractivity contribution in [2.75, 3.05) is 11.5 Å². The van der Waals surface area contributed by atoms with E-state index in [2.05, 4.69) is 0 Å². The summed E-state index contributed by atoms with van der Waals surface area (Å²) >= 11 is 1.28. The van der Waals surface area contributed by atoms with Crippen LogP contribution in [0.15, 0.2) is 33.5 Å². The number of carboxylic acids is 1. The lowest BCUT2D eigenvalue weighted by molar-refractivity contribution is -0.133. The Balaban J connectivity index is 2.10. The Bertz CT molecular complexity index is 586. The Morgan fingerprint density at radius 2 is 2.18 bits per heavy atom. The summed E-state index contributed by atoms with van der Waals surface area (Å²) in [7, 11) is 0. The number of hydrogen-bond acceptors (Lipinski definition) is 4. The summed E-state index contributed by atoms with van der Waals surface area (Å²) in [5.74, 6) is -0.637. The molecule has 0 unspecified atom stereocenters. The van der Waals surface area contributed by atoms with Crippen LogP contribution in [-0.4, -0.2) is 27.1 Å². The maximum atomic E-state index is 11.5. The normalized spacial score (nSPS) is 10.8. The van der Waals surface area contributed by atoms with Crippen LogP contribution in [-0.2, 0) is 11.3 Å². The second-order valence-corrected chi connectivity index (χ2v) is 4.54. The predicted octanol–water partition coefficient (Wildman–Crippen LogP) is 1.41. The van der Waals surface area contributed by atoms with E-state index in [1.807, 2.05) is 12.1 Å². The minimum atomic E-state index is -0.848. The van der Waals surface area contributed by atoms with Gasteiger partial charge in [-0.1, -0.05) is 12.1 Å². The van der Waals surface area contributed by atoms with Gasteiger partial charge in [0.05, 0.1) is 11.3 Å². The molecular formula is C11H11NO4S. The largest absolute Gasteiger partial charge is 0.481 e. The first-order valence-corrected chi connectivity index (χ1v) is 6.22. The molecule has 1 N–H and O–H groups in total. The second-order valence-electron chi connectivity index (χ2n) is 3.43. The summed E-state index contributed by atoms with van der Waals surface area (Å²) in [6, 6.07) is 7.17. The van der Waals surface area contributed by atoms with E-state index < -0.39 is 11.7 Å². The molecule has 0 aliphatic rings. The number of carboxylic acid groups (broad SMARTS) is 1. The Morgan fingerprint density at radius 1 is 1.41 bits per heavy atom. The minimum Gasteiger partial charge on any atom is -0.481 e. The fraction of sp³-hybridized carbons (Fsp3) is 0.273.